The van der Waals surface area contributed by atoms with Gasteiger partial charge in [0.05, 0.1) is 24.9 Å². The molecule has 1 atom stereocenters. The Labute approximate surface area is 271 Å². The van der Waals surface area contributed by atoms with Crippen LogP contribution in [-0.2, 0) is 19.0 Å². The van der Waals surface area contributed by atoms with Crippen LogP contribution in [0.5, 0.6) is 6.01 Å². The monoisotopic (exact) mass is 636 g/mol. The Morgan fingerprint density at radius 1 is 0.957 bits per heavy atom. The highest BCUT2D eigenvalue weighted by Crippen LogP contribution is 2.33. The van der Waals surface area contributed by atoms with Gasteiger partial charge in [0.1, 0.15) is 17.0 Å². The van der Waals surface area contributed by atoms with Crippen molar-refractivity contribution in [3.8, 4) is 11.8 Å². The van der Waals surface area contributed by atoms with Crippen molar-refractivity contribution in [1.29, 1.82) is 0 Å². The van der Waals surface area contributed by atoms with E-state index in [1.165, 1.54) is 11.1 Å². The van der Waals surface area contributed by atoms with E-state index in [9.17, 15) is 9.59 Å². The Hall–Kier alpha value is -3.93. The molecular weight excluding hydrogens is 588 g/mol. The molecule has 1 unspecified atom stereocenters. The normalized spacial score (nSPS) is 18.1. The maximum absolute atomic E-state index is 13.2. The summed E-state index contributed by atoms with van der Waals surface area (Å²) in [6.07, 6.45) is 4.03. The zero-order valence-corrected chi connectivity index (χ0v) is 28.5. The molecule has 0 N–H and O–H groups in total. The van der Waals surface area contributed by atoms with Crippen molar-refractivity contribution < 1.29 is 28.5 Å². The summed E-state index contributed by atoms with van der Waals surface area (Å²) in [5.41, 5.74) is 2.29. The van der Waals surface area contributed by atoms with Gasteiger partial charge in [-0.05, 0) is 96.9 Å². The van der Waals surface area contributed by atoms with E-state index < -0.39 is 17.3 Å². The zero-order chi connectivity index (χ0) is 33.2. The maximum Gasteiger partial charge on any atom is 0.410 e. The Morgan fingerprint density at radius 2 is 1.65 bits per heavy atom. The number of nitrogens with zero attached hydrogens (tertiary/aromatic N) is 6. The van der Waals surface area contributed by atoms with Gasteiger partial charge < -0.3 is 28.7 Å². The summed E-state index contributed by atoms with van der Waals surface area (Å²) in [5, 5.41) is 5.75. The molecule has 2 aromatic heterocycles. The highest BCUT2D eigenvalue weighted by Gasteiger charge is 2.35. The van der Waals surface area contributed by atoms with Crippen LogP contribution in [0.15, 0.2) is 24.4 Å². The molecule has 0 bridgehead atoms. The molecule has 0 saturated carbocycles. The SMILES string of the molecule is COc1nc(N2CCN(C(=O)OC(C)(C)C)C(CCC(=O)OC(C)(C)C)C2)cc(-n2ncc3cc(C)c(C4CCOCC4)cc32)n1. The largest absolute Gasteiger partial charge is 0.467 e. The van der Waals surface area contributed by atoms with Gasteiger partial charge in [-0.2, -0.15) is 15.1 Å². The molecule has 1 amide bonds. The van der Waals surface area contributed by atoms with Gasteiger partial charge in [-0.15, -0.1) is 0 Å². The average Bonchev–Trinajstić information content (AvgIpc) is 3.40. The maximum atomic E-state index is 13.2. The minimum Gasteiger partial charge on any atom is -0.467 e. The lowest BCUT2D eigenvalue weighted by atomic mass is 9.88. The fourth-order valence-electron chi connectivity index (χ4n) is 6.15. The van der Waals surface area contributed by atoms with Crippen molar-refractivity contribution in [1.82, 2.24) is 24.6 Å². The molecule has 12 nitrogen and oxygen atoms in total. The number of benzene rings is 1. The Balaban J connectivity index is 1.44. The molecule has 250 valence electrons. The average molecular weight is 637 g/mol. The van der Waals surface area contributed by atoms with Gasteiger partial charge in [0.2, 0.25) is 0 Å². The van der Waals surface area contributed by atoms with Gasteiger partial charge >= 0.3 is 18.1 Å². The number of rotatable bonds is 7. The van der Waals surface area contributed by atoms with Gasteiger partial charge in [0, 0.05) is 50.7 Å². The van der Waals surface area contributed by atoms with Crippen molar-refractivity contribution >= 4 is 28.8 Å². The standard InChI is InChI=1S/C34H48N6O6/c1-22-17-24-20-35-40(27(24)18-26(22)23-11-15-44-16-12-23)29-19-28(36-31(37-29)43-8)38-13-14-39(32(42)46-34(5,6)7)25(21-38)9-10-30(41)45-33(2,3)4/h17-20,23,25H,9-16,21H2,1-8H3. The minimum absolute atomic E-state index is 0.168. The Kier molecular flexibility index (Phi) is 9.76. The van der Waals surface area contributed by atoms with Crippen LogP contribution in [-0.4, -0.2) is 93.9 Å². The summed E-state index contributed by atoms with van der Waals surface area (Å²) in [6, 6.07) is 6.23. The summed E-state index contributed by atoms with van der Waals surface area (Å²) in [4.78, 5) is 39.1. The predicted octanol–water partition coefficient (Wildman–Crippen LogP) is 5.57. The summed E-state index contributed by atoms with van der Waals surface area (Å²) < 4.78 is 24.3. The first-order chi connectivity index (χ1) is 21.7. The van der Waals surface area contributed by atoms with E-state index in [1.54, 1.807) is 12.0 Å². The quantitative estimate of drug-likeness (QED) is 0.304. The van der Waals surface area contributed by atoms with Crippen LogP contribution >= 0.6 is 0 Å². The van der Waals surface area contributed by atoms with Gasteiger partial charge in [0.15, 0.2) is 5.82 Å². The van der Waals surface area contributed by atoms with Crippen LogP contribution in [0.4, 0.5) is 10.6 Å². The smallest absolute Gasteiger partial charge is 0.410 e. The second-order valence-electron chi connectivity index (χ2n) is 14.2. The number of methoxy groups -OCH3 is 1. The van der Waals surface area contributed by atoms with Gasteiger partial charge in [-0.3, -0.25) is 4.79 Å². The summed E-state index contributed by atoms with van der Waals surface area (Å²) >= 11 is 0. The summed E-state index contributed by atoms with van der Waals surface area (Å²) in [5.74, 6) is 1.36. The number of anilines is 1. The summed E-state index contributed by atoms with van der Waals surface area (Å²) in [7, 11) is 1.54. The molecule has 46 heavy (non-hydrogen) atoms. The lowest BCUT2D eigenvalue weighted by Crippen LogP contribution is -2.56. The number of ether oxygens (including phenoxy) is 4. The van der Waals surface area contributed by atoms with E-state index in [1.807, 2.05) is 58.5 Å². The third-order valence-electron chi connectivity index (χ3n) is 8.23. The molecule has 12 heteroatoms. The van der Waals surface area contributed by atoms with Gasteiger partial charge in [-0.25, -0.2) is 9.48 Å². The molecule has 5 rings (SSSR count). The number of hydrogen-bond donors (Lipinski definition) is 0. The number of piperazine rings is 1. The lowest BCUT2D eigenvalue weighted by Gasteiger charge is -2.42. The first kappa shape index (κ1) is 33.4. The van der Waals surface area contributed by atoms with Crippen LogP contribution in [0, 0.1) is 6.92 Å². The fraction of sp³-hybridized carbons (Fsp3) is 0.618. The topological polar surface area (TPSA) is 121 Å². The second-order valence-corrected chi connectivity index (χ2v) is 14.2. The molecular formula is C34H48N6O6. The number of aromatic nitrogens is 4. The first-order valence-corrected chi connectivity index (χ1v) is 16.2. The van der Waals surface area contributed by atoms with Crippen molar-refractivity contribution in [3.63, 3.8) is 0 Å². The van der Waals surface area contributed by atoms with E-state index in [-0.39, 0.29) is 24.4 Å². The molecule has 0 spiro atoms. The van der Waals surface area contributed by atoms with Gasteiger partial charge in [0.25, 0.3) is 0 Å². The van der Waals surface area contributed by atoms with E-state index >= 15 is 0 Å². The van der Waals surface area contributed by atoms with Crippen LogP contribution < -0.4 is 9.64 Å². The molecule has 2 aliphatic heterocycles. The third kappa shape index (κ3) is 8.07. The number of amides is 1. The van der Waals surface area contributed by atoms with Crippen molar-refractivity contribution in [2.75, 3.05) is 44.9 Å². The highest BCUT2D eigenvalue weighted by atomic mass is 16.6. The molecule has 4 heterocycles. The van der Waals surface area contributed by atoms with Crippen molar-refractivity contribution in [2.45, 2.75) is 97.3 Å². The predicted molar refractivity (Wildman–Crippen MR) is 175 cm³/mol. The molecule has 0 aliphatic carbocycles. The number of carbonyl (C=O) groups excluding carboxylic acids is 2. The third-order valence-corrected chi connectivity index (χ3v) is 8.23. The molecule has 1 aromatic carbocycles. The minimum atomic E-state index is -0.644. The van der Waals surface area contributed by atoms with Crippen LogP contribution in [0.1, 0.15) is 84.3 Å². The van der Waals surface area contributed by atoms with Crippen LogP contribution in [0.3, 0.4) is 0 Å². The number of carbonyl (C=O) groups is 2. The molecule has 2 saturated heterocycles. The lowest BCUT2D eigenvalue weighted by molar-refractivity contribution is -0.155. The number of aryl methyl sites for hydroxylation is 1. The van der Waals surface area contributed by atoms with Gasteiger partial charge in [-0.1, -0.05) is 0 Å². The number of hydrogen-bond acceptors (Lipinski definition) is 10. The highest BCUT2D eigenvalue weighted by molar-refractivity contribution is 5.82. The van der Waals surface area contributed by atoms with Crippen LogP contribution in [0.25, 0.3) is 16.7 Å². The molecule has 0 radical (unpaired) electrons. The Bertz CT molecular complexity index is 1550. The summed E-state index contributed by atoms with van der Waals surface area (Å²) in [6.45, 7) is 16.1. The van der Waals surface area contributed by atoms with Crippen molar-refractivity contribution in [3.05, 3.63) is 35.5 Å². The molecule has 2 fully saturated rings. The first-order valence-electron chi connectivity index (χ1n) is 16.2. The molecule has 3 aromatic rings. The molecule has 2 aliphatic rings. The van der Waals surface area contributed by atoms with Crippen molar-refractivity contribution in [2.24, 2.45) is 0 Å². The van der Waals surface area contributed by atoms with E-state index in [2.05, 4.69) is 33.9 Å². The van der Waals surface area contributed by atoms with E-state index in [0.717, 1.165) is 37.0 Å². The number of fused-ring (bicyclic) bond motifs is 1. The number of esters is 1. The fourth-order valence-corrected chi connectivity index (χ4v) is 6.15. The van der Waals surface area contributed by atoms with E-state index in [4.69, 9.17) is 24.0 Å². The van der Waals surface area contributed by atoms with E-state index in [0.29, 0.717) is 43.6 Å². The Morgan fingerprint density at radius 3 is 2.33 bits per heavy atom. The second kappa shape index (κ2) is 13.4. The zero-order valence-electron chi connectivity index (χ0n) is 28.5. The van der Waals surface area contributed by atoms with Crippen LogP contribution in [0.2, 0.25) is 0 Å².